The Morgan fingerprint density at radius 1 is 1.04 bits per heavy atom. The van der Waals surface area contributed by atoms with Crippen LogP contribution >= 0.6 is 11.6 Å². The fraction of sp³-hybridized carbons (Fsp3) is 0.409. The van der Waals surface area contributed by atoms with Gasteiger partial charge >= 0.3 is 5.97 Å². The molecule has 0 bridgehead atoms. The van der Waals surface area contributed by atoms with Crippen LogP contribution in [-0.4, -0.2) is 42.2 Å². The van der Waals surface area contributed by atoms with Crippen LogP contribution in [0, 0.1) is 13.8 Å². The fourth-order valence-electron chi connectivity index (χ4n) is 3.39. The molecule has 5 heteroatoms. The number of carboxylic acids is 1. The Bertz CT molecular complexity index is 784. The van der Waals surface area contributed by atoms with Gasteiger partial charge in [0.15, 0.2) is 0 Å². The third-order valence-electron chi connectivity index (χ3n) is 4.87. The van der Waals surface area contributed by atoms with Crippen molar-refractivity contribution < 1.29 is 9.90 Å². The molecule has 0 spiro atoms. The van der Waals surface area contributed by atoms with Gasteiger partial charge < -0.3 is 10.0 Å². The zero-order valence-corrected chi connectivity index (χ0v) is 17.4. The number of aryl methyl sites for hydroxylation is 2. The van der Waals surface area contributed by atoms with Crippen LogP contribution in [0.15, 0.2) is 36.4 Å². The molecule has 1 heterocycles. The number of para-hydroxylation sites is 1. The van der Waals surface area contributed by atoms with Crippen LogP contribution in [-0.2, 0) is 6.54 Å². The largest absolute Gasteiger partial charge is 0.478 e. The first-order valence-corrected chi connectivity index (χ1v) is 9.89. The average molecular weight is 389 g/mol. The Kier molecular flexibility index (Phi) is 7.69. The molecule has 146 valence electrons. The molecule has 1 saturated heterocycles. The van der Waals surface area contributed by atoms with E-state index in [1.54, 1.807) is 0 Å². The number of rotatable bonds is 4. The molecule has 0 radical (unpaired) electrons. The van der Waals surface area contributed by atoms with E-state index in [1.807, 2.05) is 58.0 Å². The van der Waals surface area contributed by atoms with Crippen molar-refractivity contribution in [2.24, 2.45) is 0 Å². The zero-order chi connectivity index (χ0) is 20.0. The Hall–Kier alpha value is -2.04. The molecule has 1 N–H and O–H groups in total. The molecule has 3 rings (SSSR count). The summed E-state index contributed by atoms with van der Waals surface area (Å²) in [5.74, 6) is -0.859. The van der Waals surface area contributed by atoms with Crippen molar-refractivity contribution in [3.05, 3.63) is 63.7 Å². The van der Waals surface area contributed by atoms with E-state index in [0.717, 1.165) is 60.1 Å². The highest BCUT2D eigenvalue weighted by molar-refractivity contribution is 6.33. The summed E-state index contributed by atoms with van der Waals surface area (Å²) in [6.07, 6.45) is 0. The summed E-state index contributed by atoms with van der Waals surface area (Å²) in [7, 11) is 0. The normalized spacial score (nSPS) is 14.5. The Balaban J connectivity index is 0.00000126. The van der Waals surface area contributed by atoms with E-state index in [9.17, 15) is 9.90 Å². The molecule has 0 atom stereocenters. The van der Waals surface area contributed by atoms with Gasteiger partial charge in [-0.25, -0.2) is 4.79 Å². The molecule has 27 heavy (non-hydrogen) atoms. The summed E-state index contributed by atoms with van der Waals surface area (Å²) in [6.45, 7) is 12.4. The lowest BCUT2D eigenvalue weighted by Gasteiger charge is -2.36. The van der Waals surface area contributed by atoms with Crippen molar-refractivity contribution in [2.45, 2.75) is 34.2 Å². The van der Waals surface area contributed by atoms with Crippen molar-refractivity contribution in [1.29, 1.82) is 0 Å². The highest BCUT2D eigenvalue weighted by atomic mass is 35.5. The van der Waals surface area contributed by atoms with Crippen LogP contribution in [0.3, 0.4) is 0 Å². The number of carbonyl (C=O) groups is 1. The summed E-state index contributed by atoms with van der Waals surface area (Å²) < 4.78 is 0. The maximum atomic E-state index is 11.4. The van der Waals surface area contributed by atoms with Gasteiger partial charge in [-0.3, -0.25) is 4.90 Å². The van der Waals surface area contributed by atoms with Crippen LogP contribution in [0.2, 0.25) is 5.02 Å². The fourth-order valence-corrected chi connectivity index (χ4v) is 3.65. The van der Waals surface area contributed by atoms with Gasteiger partial charge in [0.2, 0.25) is 0 Å². The van der Waals surface area contributed by atoms with Crippen molar-refractivity contribution in [1.82, 2.24) is 4.90 Å². The molecule has 1 aliphatic rings. The third-order valence-corrected chi connectivity index (χ3v) is 5.19. The molecule has 2 aromatic carbocycles. The minimum atomic E-state index is -0.859. The van der Waals surface area contributed by atoms with Gasteiger partial charge in [0, 0.05) is 32.7 Å². The van der Waals surface area contributed by atoms with E-state index in [2.05, 4.69) is 15.9 Å². The van der Waals surface area contributed by atoms with Crippen LogP contribution in [0.5, 0.6) is 0 Å². The van der Waals surface area contributed by atoms with Crippen LogP contribution < -0.4 is 4.90 Å². The molecule has 0 amide bonds. The predicted molar refractivity (Wildman–Crippen MR) is 113 cm³/mol. The molecular formula is C22H29ClN2O2. The second-order valence-corrected chi connectivity index (χ2v) is 7.02. The molecule has 1 aliphatic heterocycles. The molecular weight excluding hydrogens is 360 g/mol. The van der Waals surface area contributed by atoms with E-state index in [0.29, 0.717) is 5.56 Å². The number of anilines is 1. The lowest BCUT2D eigenvalue weighted by atomic mass is 9.99. The Morgan fingerprint density at radius 3 is 2.26 bits per heavy atom. The number of piperazine rings is 1. The van der Waals surface area contributed by atoms with E-state index >= 15 is 0 Å². The number of hydrogen-bond acceptors (Lipinski definition) is 3. The SMILES string of the molecule is CC.Cc1cc(C)c(C(=O)O)cc1CN1CCN(c2ccccc2Cl)CC1. The van der Waals surface area contributed by atoms with Crippen molar-refractivity contribution in [3.8, 4) is 0 Å². The quantitative estimate of drug-likeness (QED) is 0.800. The minimum Gasteiger partial charge on any atom is -0.478 e. The topological polar surface area (TPSA) is 43.8 Å². The minimum absolute atomic E-state index is 0.398. The first-order valence-electron chi connectivity index (χ1n) is 9.51. The average Bonchev–Trinajstić information content (AvgIpc) is 2.66. The molecule has 0 aromatic heterocycles. The van der Waals surface area contributed by atoms with Gasteiger partial charge in [-0.2, -0.15) is 0 Å². The number of benzene rings is 2. The Labute approximate surface area is 167 Å². The molecule has 2 aromatic rings. The van der Waals surface area contributed by atoms with Crippen molar-refractivity contribution in [3.63, 3.8) is 0 Å². The standard InChI is InChI=1S/C20H23ClN2O2.C2H6/c1-14-11-15(2)17(20(24)25)12-16(14)13-22-7-9-23(10-8-22)19-6-4-3-5-18(19)21;1-2/h3-6,11-12H,7-10,13H2,1-2H3,(H,24,25);1-2H3. The number of nitrogens with zero attached hydrogens (tertiary/aromatic N) is 2. The maximum absolute atomic E-state index is 11.4. The van der Waals surface area contributed by atoms with E-state index in [4.69, 9.17) is 11.6 Å². The van der Waals surface area contributed by atoms with Crippen LogP contribution in [0.4, 0.5) is 5.69 Å². The van der Waals surface area contributed by atoms with Gasteiger partial charge in [0.05, 0.1) is 16.3 Å². The first-order chi connectivity index (χ1) is 13.0. The highest BCUT2D eigenvalue weighted by Crippen LogP contribution is 2.26. The molecule has 4 nitrogen and oxygen atoms in total. The summed E-state index contributed by atoms with van der Waals surface area (Å²) in [5.41, 5.74) is 4.54. The first kappa shape index (κ1) is 21.3. The number of aromatic carboxylic acids is 1. The summed E-state index contributed by atoms with van der Waals surface area (Å²) >= 11 is 6.30. The van der Waals surface area contributed by atoms with Crippen LogP contribution in [0.1, 0.15) is 40.9 Å². The monoisotopic (exact) mass is 388 g/mol. The molecule has 0 saturated carbocycles. The van der Waals surface area contributed by atoms with Crippen molar-refractivity contribution in [2.75, 3.05) is 31.1 Å². The van der Waals surface area contributed by atoms with Gasteiger partial charge in [-0.05, 0) is 48.7 Å². The lowest BCUT2D eigenvalue weighted by molar-refractivity contribution is 0.0696. The maximum Gasteiger partial charge on any atom is 0.335 e. The molecule has 0 unspecified atom stereocenters. The smallest absolute Gasteiger partial charge is 0.335 e. The molecule has 1 fully saturated rings. The second-order valence-electron chi connectivity index (χ2n) is 6.61. The predicted octanol–water partition coefficient (Wildman–Crippen LogP) is 5.00. The van der Waals surface area contributed by atoms with Crippen LogP contribution in [0.25, 0.3) is 0 Å². The van der Waals surface area contributed by atoms with Gasteiger partial charge in [-0.1, -0.05) is 43.6 Å². The number of hydrogen-bond donors (Lipinski definition) is 1. The highest BCUT2D eigenvalue weighted by Gasteiger charge is 2.20. The number of carboxylic acid groups (broad SMARTS) is 1. The summed E-state index contributed by atoms with van der Waals surface area (Å²) in [4.78, 5) is 16.1. The van der Waals surface area contributed by atoms with E-state index in [-0.39, 0.29) is 0 Å². The van der Waals surface area contributed by atoms with E-state index in [1.165, 1.54) is 0 Å². The third kappa shape index (κ3) is 5.24. The molecule has 0 aliphatic carbocycles. The summed E-state index contributed by atoms with van der Waals surface area (Å²) in [5, 5.41) is 10.1. The lowest BCUT2D eigenvalue weighted by Crippen LogP contribution is -2.46. The number of halogens is 1. The Morgan fingerprint density at radius 2 is 1.67 bits per heavy atom. The van der Waals surface area contributed by atoms with Gasteiger partial charge in [-0.15, -0.1) is 0 Å². The second kappa shape index (κ2) is 9.77. The van der Waals surface area contributed by atoms with E-state index < -0.39 is 5.97 Å². The summed E-state index contributed by atoms with van der Waals surface area (Å²) in [6, 6.07) is 11.7. The van der Waals surface area contributed by atoms with Gasteiger partial charge in [0.25, 0.3) is 0 Å². The van der Waals surface area contributed by atoms with Gasteiger partial charge in [0.1, 0.15) is 0 Å². The zero-order valence-electron chi connectivity index (χ0n) is 16.6. The van der Waals surface area contributed by atoms with Crippen molar-refractivity contribution >= 4 is 23.3 Å².